The normalized spacial score (nSPS) is 12.3. The first-order valence-electron chi connectivity index (χ1n) is 6.29. The summed E-state index contributed by atoms with van der Waals surface area (Å²) >= 11 is 0. The minimum Gasteiger partial charge on any atom is -0.466 e. The summed E-state index contributed by atoms with van der Waals surface area (Å²) in [6.45, 7) is 2.32. The van der Waals surface area contributed by atoms with Crippen LogP contribution >= 0.6 is 0 Å². The third-order valence-electron chi connectivity index (χ3n) is 2.78. The van der Waals surface area contributed by atoms with Gasteiger partial charge in [-0.15, -0.1) is 0 Å². The van der Waals surface area contributed by atoms with E-state index in [2.05, 4.69) is 0 Å². The van der Waals surface area contributed by atoms with E-state index >= 15 is 0 Å². The summed E-state index contributed by atoms with van der Waals surface area (Å²) in [5.41, 5.74) is 0.577. The zero-order valence-corrected chi connectivity index (χ0v) is 10.8. The van der Waals surface area contributed by atoms with Crippen molar-refractivity contribution in [3.63, 3.8) is 0 Å². The molecule has 0 saturated carbocycles. The van der Waals surface area contributed by atoms with Crippen LogP contribution < -0.4 is 9.47 Å². The second-order valence-corrected chi connectivity index (χ2v) is 4.15. The molecule has 0 fully saturated rings. The van der Waals surface area contributed by atoms with Gasteiger partial charge in [0.15, 0.2) is 17.3 Å². The van der Waals surface area contributed by atoms with E-state index in [0.29, 0.717) is 36.5 Å². The van der Waals surface area contributed by atoms with Gasteiger partial charge in [0.05, 0.1) is 6.61 Å². The van der Waals surface area contributed by atoms with Crippen LogP contribution in [0.25, 0.3) is 0 Å². The maximum absolute atomic E-state index is 11.9. The number of hydrogen-bond donors (Lipinski definition) is 0. The van der Waals surface area contributed by atoms with Crippen LogP contribution in [0.4, 0.5) is 0 Å². The van der Waals surface area contributed by atoms with Crippen molar-refractivity contribution in [1.82, 2.24) is 0 Å². The predicted molar refractivity (Wildman–Crippen MR) is 67.4 cm³/mol. The molecule has 1 aromatic carbocycles. The van der Waals surface area contributed by atoms with Crippen molar-refractivity contribution in [1.29, 1.82) is 0 Å². The van der Waals surface area contributed by atoms with E-state index in [9.17, 15) is 9.59 Å². The molecule has 1 heterocycles. The van der Waals surface area contributed by atoms with E-state index in [0.717, 1.165) is 0 Å². The van der Waals surface area contributed by atoms with E-state index in [-0.39, 0.29) is 25.0 Å². The summed E-state index contributed by atoms with van der Waals surface area (Å²) < 4.78 is 15.2. The van der Waals surface area contributed by atoms with E-state index in [1.165, 1.54) is 0 Å². The minimum absolute atomic E-state index is 0.0115. The lowest BCUT2D eigenvalue weighted by atomic mass is 10.0. The molecule has 0 bridgehead atoms. The number of Topliss-reactive ketones (excluding diaryl/α,β-unsaturated/α-hetero) is 1. The Morgan fingerprint density at radius 1 is 1.21 bits per heavy atom. The van der Waals surface area contributed by atoms with E-state index in [4.69, 9.17) is 14.2 Å². The summed E-state index contributed by atoms with van der Waals surface area (Å²) in [6, 6.07) is 5.11. The molecule has 0 atom stereocenters. The van der Waals surface area contributed by atoms with Crippen LogP contribution in [0.3, 0.4) is 0 Å². The number of hydrogen-bond acceptors (Lipinski definition) is 5. The largest absolute Gasteiger partial charge is 0.466 e. The molecule has 1 aliphatic heterocycles. The highest BCUT2D eigenvalue weighted by atomic mass is 16.7. The van der Waals surface area contributed by atoms with Gasteiger partial charge in [-0.25, -0.2) is 0 Å². The van der Waals surface area contributed by atoms with Crippen molar-refractivity contribution < 1.29 is 23.8 Å². The quantitative estimate of drug-likeness (QED) is 0.583. The number of fused-ring (bicyclic) bond motifs is 1. The topological polar surface area (TPSA) is 61.8 Å². The molecule has 1 aliphatic rings. The Morgan fingerprint density at radius 2 is 2.00 bits per heavy atom. The van der Waals surface area contributed by atoms with Gasteiger partial charge in [-0.1, -0.05) is 0 Å². The van der Waals surface area contributed by atoms with Crippen LogP contribution in [0.1, 0.15) is 36.5 Å². The molecule has 5 heteroatoms. The van der Waals surface area contributed by atoms with Gasteiger partial charge < -0.3 is 14.2 Å². The standard InChI is InChI=1S/C14H16O5/c1-2-17-14(16)5-3-4-11(15)10-6-7-12-13(8-10)19-9-18-12/h6-8H,2-5,9H2,1H3. The molecule has 0 spiro atoms. The Labute approximate surface area is 111 Å². The summed E-state index contributed by atoms with van der Waals surface area (Å²) in [5.74, 6) is 0.975. The zero-order valence-electron chi connectivity index (χ0n) is 10.8. The fourth-order valence-electron chi connectivity index (χ4n) is 1.84. The molecule has 0 unspecified atom stereocenters. The third kappa shape index (κ3) is 3.47. The number of carbonyl (C=O) groups is 2. The molecular weight excluding hydrogens is 248 g/mol. The summed E-state index contributed by atoms with van der Waals surface area (Å²) in [4.78, 5) is 23.1. The lowest BCUT2D eigenvalue weighted by Crippen LogP contribution is -2.05. The predicted octanol–water partition coefficient (Wildman–Crippen LogP) is 2.33. The van der Waals surface area contributed by atoms with Crippen molar-refractivity contribution in [2.75, 3.05) is 13.4 Å². The Morgan fingerprint density at radius 3 is 2.79 bits per heavy atom. The molecule has 5 nitrogen and oxygen atoms in total. The molecule has 0 N–H and O–H groups in total. The van der Waals surface area contributed by atoms with Crippen LogP contribution in [0.15, 0.2) is 18.2 Å². The van der Waals surface area contributed by atoms with E-state index in [1.54, 1.807) is 25.1 Å². The van der Waals surface area contributed by atoms with Crippen molar-refractivity contribution in [2.24, 2.45) is 0 Å². The average molecular weight is 264 g/mol. The molecular formula is C14H16O5. The Balaban J connectivity index is 1.85. The SMILES string of the molecule is CCOC(=O)CCCC(=O)c1ccc2c(c1)OCO2. The maximum atomic E-state index is 11.9. The van der Waals surface area contributed by atoms with Crippen molar-refractivity contribution >= 4 is 11.8 Å². The van der Waals surface area contributed by atoms with Crippen LogP contribution in [0, 0.1) is 0 Å². The van der Waals surface area contributed by atoms with Gasteiger partial charge in [0.2, 0.25) is 6.79 Å². The molecule has 0 saturated heterocycles. The number of ether oxygens (including phenoxy) is 3. The van der Waals surface area contributed by atoms with E-state index < -0.39 is 0 Å². The molecule has 19 heavy (non-hydrogen) atoms. The van der Waals surface area contributed by atoms with Crippen LogP contribution in [-0.4, -0.2) is 25.2 Å². The van der Waals surface area contributed by atoms with Gasteiger partial charge in [-0.05, 0) is 31.5 Å². The van der Waals surface area contributed by atoms with Gasteiger partial charge in [-0.3, -0.25) is 9.59 Å². The fourth-order valence-corrected chi connectivity index (χ4v) is 1.84. The molecule has 0 amide bonds. The van der Waals surface area contributed by atoms with Crippen LogP contribution in [0.2, 0.25) is 0 Å². The smallest absolute Gasteiger partial charge is 0.305 e. The number of carbonyl (C=O) groups excluding carboxylic acids is 2. The Bertz CT molecular complexity index is 481. The van der Waals surface area contributed by atoms with Crippen LogP contribution in [0.5, 0.6) is 11.5 Å². The van der Waals surface area contributed by atoms with Gasteiger partial charge in [0.25, 0.3) is 0 Å². The summed E-state index contributed by atoms with van der Waals surface area (Å²) in [6.07, 6.45) is 1.08. The number of benzene rings is 1. The third-order valence-corrected chi connectivity index (χ3v) is 2.78. The Hall–Kier alpha value is -2.04. The number of rotatable bonds is 6. The van der Waals surface area contributed by atoms with E-state index in [1.807, 2.05) is 0 Å². The molecule has 102 valence electrons. The average Bonchev–Trinajstić information content (AvgIpc) is 2.86. The molecule has 2 rings (SSSR count). The zero-order chi connectivity index (χ0) is 13.7. The number of esters is 1. The second-order valence-electron chi connectivity index (χ2n) is 4.15. The van der Waals surface area contributed by atoms with Crippen molar-refractivity contribution in [3.8, 4) is 11.5 Å². The first-order valence-corrected chi connectivity index (χ1v) is 6.29. The van der Waals surface area contributed by atoms with Gasteiger partial charge in [0.1, 0.15) is 0 Å². The summed E-state index contributed by atoms with van der Waals surface area (Å²) in [7, 11) is 0. The number of ketones is 1. The highest BCUT2D eigenvalue weighted by Gasteiger charge is 2.16. The monoisotopic (exact) mass is 264 g/mol. The lowest BCUT2D eigenvalue weighted by molar-refractivity contribution is -0.143. The Kier molecular flexibility index (Phi) is 4.39. The second kappa shape index (κ2) is 6.22. The van der Waals surface area contributed by atoms with Crippen molar-refractivity contribution in [3.05, 3.63) is 23.8 Å². The fraction of sp³-hybridized carbons (Fsp3) is 0.429. The van der Waals surface area contributed by atoms with Crippen LogP contribution in [-0.2, 0) is 9.53 Å². The van der Waals surface area contributed by atoms with Gasteiger partial charge in [-0.2, -0.15) is 0 Å². The van der Waals surface area contributed by atoms with Gasteiger partial charge >= 0.3 is 5.97 Å². The lowest BCUT2D eigenvalue weighted by Gasteiger charge is -2.03. The molecule has 0 aliphatic carbocycles. The summed E-state index contributed by atoms with van der Waals surface area (Å²) in [5, 5.41) is 0. The first kappa shape index (κ1) is 13.4. The highest BCUT2D eigenvalue weighted by molar-refractivity contribution is 5.96. The first-order chi connectivity index (χ1) is 9.20. The maximum Gasteiger partial charge on any atom is 0.305 e. The highest BCUT2D eigenvalue weighted by Crippen LogP contribution is 2.32. The molecule has 0 aromatic heterocycles. The molecule has 0 radical (unpaired) electrons. The van der Waals surface area contributed by atoms with Crippen molar-refractivity contribution in [2.45, 2.75) is 26.2 Å². The molecule has 1 aromatic rings. The minimum atomic E-state index is -0.263. The van der Waals surface area contributed by atoms with Gasteiger partial charge in [0, 0.05) is 18.4 Å².